The number of hydrogen-bond donors (Lipinski definition) is 2. The summed E-state index contributed by atoms with van der Waals surface area (Å²) in [5, 5.41) is 15.7. The summed E-state index contributed by atoms with van der Waals surface area (Å²) in [7, 11) is 0. The first-order valence-electron chi connectivity index (χ1n) is 11.1. The maximum atomic E-state index is 12.8. The van der Waals surface area contributed by atoms with E-state index in [4.69, 9.17) is 0 Å². The van der Waals surface area contributed by atoms with Gasteiger partial charge in [-0.1, -0.05) is 56.1 Å². The van der Waals surface area contributed by atoms with E-state index in [2.05, 4.69) is 34.7 Å². The van der Waals surface area contributed by atoms with Crippen LogP contribution in [0.25, 0.3) is 0 Å². The van der Waals surface area contributed by atoms with Gasteiger partial charge in [0.1, 0.15) is 0 Å². The molecule has 1 aliphatic rings. The van der Waals surface area contributed by atoms with E-state index in [-0.39, 0.29) is 23.8 Å². The highest BCUT2D eigenvalue weighted by atomic mass is 32.2. The number of amides is 2. The smallest absolute Gasteiger partial charge is 0.251 e. The zero-order chi connectivity index (χ0) is 22.4. The Bertz CT molecular complexity index is 888. The molecule has 2 N–H and O–H groups in total. The van der Waals surface area contributed by atoms with Gasteiger partial charge in [-0.25, -0.2) is 0 Å². The third-order valence-corrected chi connectivity index (χ3v) is 6.63. The van der Waals surface area contributed by atoms with Crippen LogP contribution < -0.4 is 10.6 Å². The molecule has 0 saturated heterocycles. The number of benzene rings is 1. The maximum absolute atomic E-state index is 12.8. The van der Waals surface area contributed by atoms with Crippen molar-refractivity contribution in [3.8, 4) is 0 Å². The van der Waals surface area contributed by atoms with Crippen LogP contribution in [0, 0.1) is 12.8 Å². The molecule has 1 aromatic carbocycles. The lowest BCUT2D eigenvalue weighted by atomic mass is 10.0. The largest absolute Gasteiger partial charge is 0.353 e. The molecule has 0 aliphatic heterocycles. The van der Waals surface area contributed by atoms with Crippen molar-refractivity contribution < 1.29 is 9.59 Å². The van der Waals surface area contributed by atoms with Gasteiger partial charge < -0.3 is 15.2 Å². The molecule has 0 bridgehead atoms. The molecule has 1 heterocycles. The molecule has 2 amide bonds. The molecule has 31 heavy (non-hydrogen) atoms. The number of nitrogens with zero attached hydrogens (tertiary/aromatic N) is 3. The molecule has 0 unspecified atom stereocenters. The maximum Gasteiger partial charge on any atom is 0.251 e. The Hall–Kier alpha value is -2.35. The number of carbonyl (C=O) groups is 2. The van der Waals surface area contributed by atoms with Crippen LogP contribution >= 0.6 is 11.8 Å². The predicted octanol–water partition coefficient (Wildman–Crippen LogP) is 3.88. The van der Waals surface area contributed by atoms with Gasteiger partial charge in [-0.15, -0.1) is 10.2 Å². The van der Waals surface area contributed by atoms with E-state index in [9.17, 15) is 9.59 Å². The summed E-state index contributed by atoms with van der Waals surface area (Å²) < 4.78 is 1.99. The fourth-order valence-corrected chi connectivity index (χ4v) is 4.68. The van der Waals surface area contributed by atoms with Gasteiger partial charge in [0.05, 0.1) is 11.8 Å². The third kappa shape index (κ3) is 6.09. The Labute approximate surface area is 188 Å². The van der Waals surface area contributed by atoms with Gasteiger partial charge in [0.2, 0.25) is 5.91 Å². The third-order valence-electron chi connectivity index (χ3n) is 5.66. The van der Waals surface area contributed by atoms with Crippen LogP contribution in [0.15, 0.2) is 29.4 Å². The average molecular weight is 444 g/mol. The normalized spacial score (nSPS) is 15.3. The van der Waals surface area contributed by atoms with Crippen LogP contribution in [0.3, 0.4) is 0 Å². The van der Waals surface area contributed by atoms with Crippen molar-refractivity contribution in [1.82, 2.24) is 25.4 Å². The van der Waals surface area contributed by atoms with Crippen LogP contribution in [-0.2, 0) is 11.3 Å². The van der Waals surface area contributed by atoms with Crippen LogP contribution in [0.1, 0.15) is 74.2 Å². The molecule has 168 valence electrons. The minimum atomic E-state index is -0.275. The number of carbonyl (C=O) groups excluding carboxylic acids is 2. The highest BCUT2D eigenvalue weighted by Gasteiger charge is 2.26. The Balaban J connectivity index is 1.68. The van der Waals surface area contributed by atoms with Crippen molar-refractivity contribution in [2.24, 2.45) is 5.92 Å². The molecular formula is C23H33N5O2S. The number of hydrogen-bond acceptors (Lipinski definition) is 5. The zero-order valence-corrected chi connectivity index (χ0v) is 19.7. The van der Waals surface area contributed by atoms with Crippen LogP contribution in [0.5, 0.6) is 0 Å². The van der Waals surface area contributed by atoms with Crippen molar-refractivity contribution in [1.29, 1.82) is 0 Å². The van der Waals surface area contributed by atoms with Crippen LogP contribution in [-0.4, -0.2) is 38.4 Å². The van der Waals surface area contributed by atoms with Gasteiger partial charge in [0.25, 0.3) is 5.91 Å². The van der Waals surface area contributed by atoms with E-state index in [1.807, 2.05) is 42.7 Å². The summed E-state index contributed by atoms with van der Waals surface area (Å²) >= 11 is 1.39. The zero-order valence-electron chi connectivity index (χ0n) is 18.9. The lowest BCUT2D eigenvalue weighted by molar-refractivity contribution is -0.119. The molecular weight excluding hydrogens is 410 g/mol. The van der Waals surface area contributed by atoms with E-state index in [1.54, 1.807) is 0 Å². The second-order valence-corrected chi connectivity index (χ2v) is 9.43. The monoisotopic (exact) mass is 443 g/mol. The number of nitrogens with one attached hydrogen (secondary N) is 2. The van der Waals surface area contributed by atoms with Gasteiger partial charge in [-0.05, 0) is 44.7 Å². The molecule has 1 atom stereocenters. The Morgan fingerprint density at radius 2 is 1.84 bits per heavy atom. The molecule has 2 aromatic rings. The molecule has 7 nitrogen and oxygen atoms in total. The van der Waals surface area contributed by atoms with Gasteiger partial charge in [0.15, 0.2) is 11.0 Å². The minimum absolute atomic E-state index is 0.0391. The number of thioether (sulfide) groups is 1. The Morgan fingerprint density at radius 3 is 2.45 bits per heavy atom. The summed E-state index contributed by atoms with van der Waals surface area (Å²) in [5.41, 5.74) is 1.73. The van der Waals surface area contributed by atoms with E-state index in [1.165, 1.54) is 24.6 Å². The van der Waals surface area contributed by atoms with Crippen molar-refractivity contribution in [2.75, 3.05) is 5.75 Å². The Kier molecular flexibility index (Phi) is 8.12. The fraction of sp³-hybridized carbons (Fsp3) is 0.565. The highest BCUT2D eigenvalue weighted by Crippen LogP contribution is 2.26. The summed E-state index contributed by atoms with van der Waals surface area (Å²) in [6.07, 6.45) is 4.53. The van der Waals surface area contributed by atoms with E-state index in [0.29, 0.717) is 29.1 Å². The number of aromatic nitrogens is 3. The van der Waals surface area contributed by atoms with Gasteiger partial charge in [-0.3, -0.25) is 9.59 Å². The SMILES string of the molecule is CCn1c(SCC(=O)NC2CCCC2)nnc1[C@H](NC(=O)c1ccc(C)cc1)C(C)C. The topological polar surface area (TPSA) is 88.9 Å². The first kappa shape index (κ1) is 23.3. The van der Waals surface area contributed by atoms with Crippen molar-refractivity contribution in [2.45, 2.75) is 77.2 Å². The average Bonchev–Trinajstić information content (AvgIpc) is 3.40. The lowest BCUT2D eigenvalue weighted by Crippen LogP contribution is -2.34. The molecule has 1 fully saturated rings. The number of rotatable bonds is 9. The Morgan fingerprint density at radius 1 is 1.16 bits per heavy atom. The van der Waals surface area contributed by atoms with Crippen molar-refractivity contribution >= 4 is 23.6 Å². The quantitative estimate of drug-likeness (QED) is 0.574. The lowest BCUT2D eigenvalue weighted by Gasteiger charge is -2.22. The second-order valence-electron chi connectivity index (χ2n) is 8.48. The standard InChI is InChI=1S/C23H33N5O2S/c1-5-28-21(20(15(2)3)25-22(30)17-12-10-16(4)11-13-17)26-27-23(28)31-14-19(29)24-18-8-6-7-9-18/h10-13,15,18,20H,5-9,14H2,1-4H3,(H,24,29)(H,25,30)/t20-/m1/s1. The summed E-state index contributed by atoms with van der Waals surface area (Å²) in [5.74, 6) is 1.08. The highest BCUT2D eigenvalue weighted by molar-refractivity contribution is 7.99. The van der Waals surface area contributed by atoms with Gasteiger partial charge >= 0.3 is 0 Å². The molecule has 3 rings (SSSR count). The molecule has 1 saturated carbocycles. The molecule has 1 aliphatic carbocycles. The van der Waals surface area contributed by atoms with Crippen LogP contribution in [0.2, 0.25) is 0 Å². The summed E-state index contributed by atoms with van der Waals surface area (Å²) in [6, 6.07) is 7.56. The fourth-order valence-electron chi connectivity index (χ4n) is 3.86. The van der Waals surface area contributed by atoms with Gasteiger partial charge in [0, 0.05) is 18.2 Å². The summed E-state index contributed by atoms with van der Waals surface area (Å²) in [6.45, 7) is 8.79. The first-order valence-corrected chi connectivity index (χ1v) is 12.1. The van der Waals surface area contributed by atoms with E-state index in [0.717, 1.165) is 24.2 Å². The van der Waals surface area contributed by atoms with Crippen molar-refractivity contribution in [3.63, 3.8) is 0 Å². The van der Waals surface area contributed by atoms with E-state index >= 15 is 0 Å². The van der Waals surface area contributed by atoms with Crippen molar-refractivity contribution in [3.05, 3.63) is 41.2 Å². The molecule has 8 heteroatoms. The van der Waals surface area contributed by atoms with Gasteiger partial charge in [-0.2, -0.15) is 0 Å². The second kappa shape index (κ2) is 10.8. The minimum Gasteiger partial charge on any atom is -0.353 e. The van der Waals surface area contributed by atoms with Crippen LogP contribution in [0.4, 0.5) is 0 Å². The molecule has 0 spiro atoms. The summed E-state index contributed by atoms with van der Waals surface area (Å²) in [4.78, 5) is 25.1. The number of aryl methyl sites for hydroxylation is 1. The predicted molar refractivity (Wildman–Crippen MR) is 123 cm³/mol. The first-order chi connectivity index (χ1) is 14.9. The van der Waals surface area contributed by atoms with E-state index < -0.39 is 0 Å². The molecule has 1 aromatic heterocycles. The molecule has 0 radical (unpaired) electrons.